The molecule has 0 aliphatic rings. The van der Waals surface area contributed by atoms with Crippen molar-refractivity contribution in [2.45, 2.75) is 13.3 Å². The third-order valence-corrected chi connectivity index (χ3v) is 8.36. The van der Waals surface area contributed by atoms with E-state index in [4.69, 9.17) is 13.9 Å². The van der Waals surface area contributed by atoms with Gasteiger partial charge in [-0.3, -0.25) is 4.79 Å². The molecule has 0 saturated heterocycles. The van der Waals surface area contributed by atoms with Gasteiger partial charge >= 0.3 is 12.1 Å². The molecule has 1 heterocycles. The van der Waals surface area contributed by atoms with Crippen molar-refractivity contribution in [3.63, 3.8) is 0 Å². The Balaban J connectivity index is 0.000000269. The van der Waals surface area contributed by atoms with Crippen LogP contribution in [0.4, 0.5) is 32.3 Å². The van der Waals surface area contributed by atoms with E-state index in [-0.39, 0.29) is 23.2 Å². The van der Waals surface area contributed by atoms with Gasteiger partial charge in [-0.05, 0) is 106 Å². The quantitative estimate of drug-likeness (QED) is 0.0644. The Labute approximate surface area is 329 Å². The Hall–Kier alpha value is -7.31. The van der Waals surface area contributed by atoms with Crippen molar-refractivity contribution in [3.8, 4) is 23.0 Å². The lowest BCUT2D eigenvalue weighted by atomic mass is 10.1. The zero-order valence-electron chi connectivity index (χ0n) is 31.7. The molecule has 57 heavy (non-hydrogen) atoms. The van der Waals surface area contributed by atoms with E-state index in [1.54, 1.807) is 72.8 Å². The van der Waals surface area contributed by atoms with Crippen molar-refractivity contribution >= 4 is 56.8 Å². The Morgan fingerprint density at radius 1 is 0.649 bits per heavy atom. The molecule has 7 rings (SSSR count). The molecule has 4 amide bonds. The standard InChI is InChI=1S/C32H31N3O5.C13H12N2O2/c1-21-17-27-30(36)26-14-13-25(20-28(26)40-31(27)29(18-21)38-16-8-15-35(2)3)39-24-12-7-11-23(19-24)34-32(37)33-22-9-5-4-6-10-22;16-12-8-4-7-11(9-12)15-13(17)14-10-5-2-1-3-6-10/h4-7,9-14,17-20H,8,15-16H2,1-3H3,(H2,33,34,37);1-9,16H,(H2,14,15,17). The highest BCUT2D eigenvalue weighted by Crippen LogP contribution is 2.32. The zero-order valence-corrected chi connectivity index (χ0v) is 31.7. The van der Waals surface area contributed by atoms with Crippen molar-refractivity contribution in [1.29, 1.82) is 0 Å². The van der Waals surface area contributed by atoms with E-state index in [9.17, 15) is 19.5 Å². The summed E-state index contributed by atoms with van der Waals surface area (Å²) in [4.78, 5) is 39.4. The molecule has 0 spiro atoms. The number of hydrogen-bond donors (Lipinski definition) is 5. The Bertz CT molecular complexity index is 2530. The highest BCUT2D eigenvalue weighted by Gasteiger charge is 2.15. The van der Waals surface area contributed by atoms with Crippen LogP contribution in [0.1, 0.15) is 12.0 Å². The topological polar surface area (TPSA) is 154 Å². The average molecular weight is 766 g/mol. The Kier molecular flexibility index (Phi) is 13.0. The summed E-state index contributed by atoms with van der Waals surface area (Å²) < 4.78 is 18.3. The van der Waals surface area contributed by atoms with Crippen LogP contribution in [-0.2, 0) is 0 Å². The number of para-hydroxylation sites is 2. The number of aryl methyl sites for hydroxylation is 1. The number of phenols is 1. The smallest absolute Gasteiger partial charge is 0.323 e. The summed E-state index contributed by atoms with van der Waals surface area (Å²) in [7, 11) is 4.03. The number of rotatable bonds is 11. The van der Waals surface area contributed by atoms with Crippen LogP contribution in [-0.4, -0.2) is 49.3 Å². The van der Waals surface area contributed by atoms with Gasteiger partial charge < -0.3 is 45.2 Å². The maximum absolute atomic E-state index is 13.4. The third-order valence-electron chi connectivity index (χ3n) is 8.36. The number of amides is 4. The highest BCUT2D eigenvalue weighted by molar-refractivity contribution is 6.00. The predicted octanol–water partition coefficient (Wildman–Crippen LogP) is 10.1. The second-order valence-corrected chi connectivity index (χ2v) is 13.3. The number of phenolic OH excluding ortho intramolecular Hbond substituents is 1. The van der Waals surface area contributed by atoms with Crippen molar-refractivity contribution in [3.05, 3.63) is 155 Å². The Morgan fingerprint density at radius 3 is 1.86 bits per heavy atom. The molecular formula is C45H43N5O7. The molecule has 12 heteroatoms. The van der Waals surface area contributed by atoms with Crippen LogP contribution in [0, 0.1) is 6.92 Å². The number of carbonyl (C=O) groups excluding carboxylic acids is 2. The molecular weight excluding hydrogens is 723 g/mol. The summed E-state index contributed by atoms with van der Waals surface area (Å²) >= 11 is 0. The first-order chi connectivity index (χ1) is 27.6. The van der Waals surface area contributed by atoms with Crippen LogP contribution < -0.4 is 36.2 Å². The molecule has 0 bridgehead atoms. The van der Waals surface area contributed by atoms with Gasteiger partial charge in [0.2, 0.25) is 5.43 Å². The molecule has 7 aromatic rings. The first-order valence-electron chi connectivity index (χ1n) is 18.2. The molecule has 5 N–H and O–H groups in total. The molecule has 0 saturated carbocycles. The number of carbonyl (C=O) groups is 2. The summed E-state index contributed by atoms with van der Waals surface area (Å²) in [5.41, 5.74) is 4.12. The number of benzene rings is 6. The van der Waals surface area contributed by atoms with Crippen molar-refractivity contribution in [1.82, 2.24) is 4.90 Å². The van der Waals surface area contributed by atoms with Crippen LogP contribution in [0.2, 0.25) is 0 Å². The van der Waals surface area contributed by atoms with E-state index in [0.717, 1.165) is 18.5 Å². The summed E-state index contributed by atoms with van der Waals surface area (Å²) in [6, 6.07) is 39.9. The monoisotopic (exact) mass is 765 g/mol. The van der Waals surface area contributed by atoms with Gasteiger partial charge in [0.15, 0.2) is 11.3 Å². The number of aromatic hydroxyl groups is 1. The van der Waals surface area contributed by atoms with E-state index >= 15 is 0 Å². The van der Waals surface area contributed by atoms with Gasteiger partial charge in [0.1, 0.15) is 22.8 Å². The lowest BCUT2D eigenvalue weighted by molar-refractivity contribution is 0.261. The fourth-order valence-corrected chi connectivity index (χ4v) is 5.76. The van der Waals surface area contributed by atoms with Crippen LogP contribution in [0.5, 0.6) is 23.0 Å². The van der Waals surface area contributed by atoms with Gasteiger partial charge in [-0.2, -0.15) is 0 Å². The van der Waals surface area contributed by atoms with Crippen LogP contribution in [0.15, 0.2) is 149 Å². The number of fused-ring (bicyclic) bond motifs is 2. The molecule has 0 aliphatic carbocycles. The van der Waals surface area contributed by atoms with Crippen molar-refractivity contribution < 1.29 is 28.6 Å². The van der Waals surface area contributed by atoms with Crippen LogP contribution in [0.25, 0.3) is 21.9 Å². The lowest BCUT2D eigenvalue weighted by Crippen LogP contribution is -2.19. The molecule has 1 aromatic heterocycles. The predicted molar refractivity (Wildman–Crippen MR) is 226 cm³/mol. The molecule has 290 valence electrons. The first-order valence-corrected chi connectivity index (χ1v) is 18.2. The van der Waals surface area contributed by atoms with Gasteiger partial charge in [0.05, 0.1) is 17.4 Å². The molecule has 12 nitrogen and oxygen atoms in total. The molecule has 6 aromatic carbocycles. The number of nitrogens with zero attached hydrogens (tertiary/aromatic N) is 1. The molecule has 0 aliphatic heterocycles. The van der Waals surface area contributed by atoms with E-state index in [0.29, 0.717) is 68.5 Å². The van der Waals surface area contributed by atoms with E-state index in [1.807, 2.05) is 81.7 Å². The third kappa shape index (κ3) is 11.4. The number of hydrogen-bond acceptors (Lipinski definition) is 8. The van der Waals surface area contributed by atoms with Crippen LogP contribution in [0.3, 0.4) is 0 Å². The van der Waals surface area contributed by atoms with E-state index in [2.05, 4.69) is 26.2 Å². The average Bonchev–Trinajstić information content (AvgIpc) is 3.18. The van der Waals surface area contributed by atoms with E-state index < -0.39 is 0 Å². The van der Waals surface area contributed by atoms with E-state index in [1.165, 1.54) is 6.07 Å². The van der Waals surface area contributed by atoms with Gasteiger partial charge in [0, 0.05) is 47.5 Å². The fraction of sp³-hybridized carbons (Fsp3) is 0.133. The molecule has 0 radical (unpaired) electrons. The minimum Gasteiger partial charge on any atom is -0.508 e. The zero-order chi connectivity index (χ0) is 40.1. The van der Waals surface area contributed by atoms with Gasteiger partial charge in [-0.25, -0.2) is 9.59 Å². The lowest BCUT2D eigenvalue weighted by Gasteiger charge is -2.13. The Morgan fingerprint density at radius 2 is 1.23 bits per heavy atom. The summed E-state index contributed by atoms with van der Waals surface area (Å²) in [5, 5.41) is 21.1. The summed E-state index contributed by atoms with van der Waals surface area (Å²) in [6.07, 6.45) is 0.847. The second-order valence-electron chi connectivity index (χ2n) is 13.3. The minimum absolute atomic E-state index is 0.113. The summed E-state index contributed by atoms with van der Waals surface area (Å²) in [5.74, 6) is 1.66. The van der Waals surface area contributed by atoms with Crippen molar-refractivity contribution in [2.24, 2.45) is 0 Å². The fourth-order valence-electron chi connectivity index (χ4n) is 5.76. The highest BCUT2D eigenvalue weighted by atomic mass is 16.5. The number of urea groups is 2. The first kappa shape index (κ1) is 39.4. The number of anilines is 4. The van der Waals surface area contributed by atoms with Crippen LogP contribution >= 0.6 is 0 Å². The maximum Gasteiger partial charge on any atom is 0.323 e. The largest absolute Gasteiger partial charge is 0.508 e. The normalized spacial score (nSPS) is 10.7. The molecule has 0 atom stereocenters. The van der Waals surface area contributed by atoms with Crippen molar-refractivity contribution in [2.75, 3.05) is 48.5 Å². The SMILES string of the molecule is Cc1cc(OCCCN(C)C)c2oc3cc(Oc4cccc(NC(=O)Nc5ccccc5)c4)ccc3c(=O)c2c1.O=C(Nc1ccccc1)Nc1cccc(O)c1. The molecule has 0 unspecified atom stereocenters. The van der Waals surface area contributed by atoms with Gasteiger partial charge in [-0.1, -0.05) is 48.5 Å². The molecule has 0 fully saturated rings. The summed E-state index contributed by atoms with van der Waals surface area (Å²) in [6.45, 7) is 3.34. The number of ether oxygens (including phenoxy) is 2. The maximum atomic E-state index is 13.4. The minimum atomic E-state index is -0.363. The second kappa shape index (κ2) is 18.8. The van der Waals surface area contributed by atoms with Gasteiger partial charge in [0.25, 0.3) is 0 Å². The van der Waals surface area contributed by atoms with Gasteiger partial charge in [-0.15, -0.1) is 0 Å². The number of nitrogens with one attached hydrogen (secondary N) is 4.